The van der Waals surface area contributed by atoms with Crippen LogP contribution in [-0.4, -0.2) is 13.7 Å². The molecule has 0 saturated carbocycles. The van der Waals surface area contributed by atoms with Gasteiger partial charge >= 0.3 is 0 Å². The van der Waals surface area contributed by atoms with Crippen molar-refractivity contribution in [2.24, 2.45) is 0 Å². The van der Waals surface area contributed by atoms with Crippen LogP contribution < -0.4 is 0 Å². The Morgan fingerprint density at radius 3 is 1.11 bits per heavy atom. The SMILES string of the molecule is c1ccc(-n2c3ccccc3c3ccccc32)c(-c2ccc3c(c2)c2cc(-c4ccccc4-n4c5ccccc5c5ccccc54)ccc2n3-c2cccc3oc4ccccc4c23)c1. The molecule has 4 aromatic heterocycles. The van der Waals surface area contributed by atoms with Gasteiger partial charge in [0.25, 0.3) is 0 Å². The average Bonchev–Trinajstić information content (AvgIpc) is 4.10. The van der Waals surface area contributed by atoms with Crippen molar-refractivity contribution < 1.29 is 4.42 Å². The second-order valence-corrected chi connectivity index (χ2v) is 16.8. The lowest BCUT2D eigenvalue weighted by molar-refractivity contribution is 0.669. The minimum Gasteiger partial charge on any atom is -0.456 e. The van der Waals surface area contributed by atoms with Gasteiger partial charge in [-0.1, -0.05) is 146 Å². The van der Waals surface area contributed by atoms with E-state index in [0.717, 1.165) is 61.2 Å². The van der Waals surface area contributed by atoms with E-state index in [9.17, 15) is 0 Å². The van der Waals surface area contributed by atoms with Crippen molar-refractivity contribution in [1.82, 2.24) is 13.7 Å². The number of fused-ring (bicyclic) bond motifs is 12. The Hall–Kier alpha value is -8.60. The molecule has 0 aliphatic carbocycles. The first kappa shape index (κ1) is 35.0. The molecule has 4 heteroatoms. The number of hydrogen-bond donors (Lipinski definition) is 0. The van der Waals surface area contributed by atoms with Crippen molar-refractivity contribution in [1.29, 1.82) is 0 Å². The van der Waals surface area contributed by atoms with E-state index in [0.29, 0.717) is 0 Å². The highest BCUT2D eigenvalue weighted by atomic mass is 16.3. The Morgan fingerprint density at radius 1 is 0.250 bits per heavy atom. The molecule has 0 N–H and O–H groups in total. The fraction of sp³-hybridized carbons (Fsp3) is 0. The van der Waals surface area contributed by atoms with Gasteiger partial charge in [0.1, 0.15) is 11.2 Å². The Balaban J connectivity index is 1.05. The van der Waals surface area contributed by atoms with Crippen LogP contribution in [0.3, 0.4) is 0 Å². The summed E-state index contributed by atoms with van der Waals surface area (Å²) in [6.07, 6.45) is 0. The highest BCUT2D eigenvalue weighted by Gasteiger charge is 2.22. The van der Waals surface area contributed by atoms with Gasteiger partial charge < -0.3 is 18.1 Å². The fourth-order valence-electron chi connectivity index (χ4n) is 10.7. The summed E-state index contributed by atoms with van der Waals surface area (Å²) in [5.74, 6) is 0. The normalized spacial score (nSPS) is 12.1. The van der Waals surface area contributed by atoms with Gasteiger partial charge in [-0.05, 0) is 90.0 Å². The van der Waals surface area contributed by atoms with Crippen LogP contribution in [0.5, 0.6) is 0 Å². The standard InChI is InChI=1S/C60H37N3O/c1-8-23-49(61-51-25-10-3-18-42(51)43-19-4-11-26-52(43)61)40(16-1)38-32-34-55-47(36-38)48-37-39(33-35-56(48)63(55)57-29-15-31-59-60(57)46-22-7-14-30-58(46)64-59)41-17-2-9-24-50(41)62-53-27-12-5-20-44(53)45-21-6-13-28-54(45)62/h1-37H. The van der Waals surface area contributed by atoms with Crippen LogP contribution in [0, 0.1) is 0 Å². The summed E-state index contributed by atoms with van der Waals surface area (Å²) in [6, 6.07) is 81.6. The number of aromatic nitrogens is 3. The molecule has 0 aliphatic rings. The Labute approximate surface area is 367 Å². The molecule has 14 aromatic rings. The third-order valence-electron chi connectivity index (χ3n) is 13.5. The van der Waals surface area contributed by atoms with Gasteiger partial charge in [0, 0.05) is 48.8 Å². The molecule has 0 bridgehead atoms. The molecule has 0 spiro atoms. The summed E-state index contributed by atoms with van der Waals surface area (Å²) < 4.78 is 13.8. The molecule has 0 aliphatic heterocycles. The number of para-hydroxylation sites is 7. The number of hydrogen-bond acceptors (Lipinski definition) is 1. The molecule has 298 valence electrons. The first-order valence-corrected chi connectivity index (χ1v) is 21.9. The molecular formula is C60H37N3O. The Bertz CT molecular complexity index is 3890. The summed E-state index contributed by atoms with van der Waals surface area (Å²) in [5.41, 5.74) is 16.9. The van der Waals surface area contributed by atoms with E-state index in [4.69, 9.17) is 4.42 Å². The summed E-state index contributed by atoms with van der Waals surface area (Å²) >= 11 is 0. The highest BCUT2D eigenvalue weighted by molar-refractivity contribution is 6.16. The van der Waals surface area contributed by atoms with E-state index in [1.165, 1.54) is 65.5 Å². The second kappa shape index (κ2) is 13.4. The number of nitrogens with zero attached hydrogens (tertiary/aromatic N) is 3. The highest BCUT2D eigenvalue weighted by Crippen LogP contribution is 2.44. The van der Waals surface area contributed by atoms with Gasteiger partial charge in [0.05, 0.1) is 55.5 Å². The zero-order valence-corrected chi connectivity index (χ0v) is 34.6. The minimum absolute atomic E-state index is 0.877. The Morgan fingerprint density at radius 2 is 0.609 bits per heavy atom. The van der Waals surface area contributed by atoms with E-state index in [-0.39, 0.29) is 0 Å². The van der Waals surface area contributed by atoms with E-state index >= 15 is 0 Å². The van der Waals surface area contributed by atoms with Crippen molar-refractivity contribution >= 4 is 87.4 Å². The van der Waals surface area contributed by atoms with E-state index in [1.54, 1.807) is 0 Å². The first-order chi connectivity index (χ1) is 31.8. The molecule has 0 atom stereocenters. The molecule has 10 aromatic carbocycles. The number of rotatable bonds is 5. The van der Waals surface area contributed by atoms with E-state index in [1.807, 2.05) is 6.07 Å². The summed E-state index contributed by atoms with van der Waals surface area (Å²) in [7, 11) is 0. The minimum atomic E-state index is 0.877. The lowest BCUT2D eigenvalue weighted by Gasteiger charge is -2.14. The van der Waals surface area contributed by atoms with Crippen LogP contribution in [0.15, 0.2) is 229 Å². The van der Waals surface area contributed by atoms with Crippen molar-refractivity contribution in [3.8, 4) is 39.3 Å². The van der Waals surface area contributed by atoms with Crippen molar-refractivity contribution in [2.45, 2.75) is 0 Å². The molecule has 14 rings (SSSR count). The largest absolute Gasteiger partial charge is 0.456 e. The maximum absolute atomic E-state index is 6.47. The molecule has 4 heterocycles. The van der Waals surface area contributed by atoms with E-state index < -0.39 is 0 Å². The third-order valence-corrected chi connectivity index (χ3v) is 13.5. The molecule has 0 saturated heterocycles. The zero-order chi connectivity index (χ0) is 41.9. The van der Waals surface area contributed by atoms with Gasteiger partial charge in [0.15, 0.2) is 0 Å². The van der Waals surface area contributed by atoms with Crippen molar-refractivity contribution in [3.63, 3.8) is 0 Å². The maximum Gasteiger partial charge on any atom is 0.137 e. The fourth-order valence-corrected chi connectivity index (χ4v) is 10.7. The zero-order valence-electron chi connectivity index (χ0n) is 34.6. The summed E-state index contributed by atoms with van der Waals surface area (Å²) in [4.78, 5) is 0. The first-order valence-electron chi connectivity index (χ1n) is 21.9. The van der Waals surface area contributed by atoms with Crippen LogP contribution in [0.2, 0.25) is 0 Å². The molecule has 0 radical (unpaired) electrons. The predicted octanol–water partition coefficient (Wildman–Crippen LogP) is 16.2. The summed E-state index contributed by atoms with van der Waals surface area (Å²) in [5, 5.41) is 9.59. The average molecular weight is 816 g/mol. The van der Waals surface area contributed by atoms with Gasteiger partial charge in [-0.15, -0.1) is 0 Å². The van der Waals surface area contributed by atoms with Crippen molar-refractivity contribution in [2.75, 3.05) is 0 Å². The quantitative estimate of drug-likeness (QED) is 0.170. The monoisotopic (exact) mass is 815 g/mol. The summed E-state index contributed by atoms with van der Waals surface area (Å²) in [6.45, 7) is 0. The lowest BCUT2D eigenvalue weighted by Crippen LogP contribution is -1.97. The lowest BCUT2D eigenvalue weighted by atomic mass is 9.98. The molecule has 0 amide bonds. The molecule has 0 fully saturated rings. The number of furan rings is 1. The second-order valence-electron chi connectivity index (χ2n) is 16.8. The maximum atomic E-state index is 6.47. The van der Waals surface area contributed by atoms with Gasteiger partial charge in [0.2, 0.25) is 0 Å². The van der Waals surface area contributed by atoms with Crippen LogP contribution in [0.1, 0.15) is 0 Å². The molecular weight excluding hydrogens is 779 g/mol. The Kier molecular flexibility index (Phi) is 7.36. The van der Waals surface area contributed by atoms with Gasteiger partial charge in [-0.3, -0.25) is 0 Å². The number of benzene rings is 10. The van der Waals surface area contributed by atoms with Crippen LogP contribution in [-0.2, 0) is 0 Å². The smallest absolute Gasteiger partial charge is 0.137 e. The van der Waals surface area contributed by atoms with Gasteiger partial charge in [-0.2, -0.15) is 0 Å². The predicted molar refractivity (Wildman–Crippen MR) is 268 cm³/mol. The van der Waals surface area contributed by atoms with Crippen LogP contribution >= 0.6 is 0 Å². The molecule has 4 nitrogen and oxygen atoms in total. The third kappa shape index (κ3) is 4.93. The topological polar surface area (TPSA) is 27.9 Å². The van der Waals surface area contributed by atoms with Crippen molar-refractivity contribution in [3.05, 3.63) is 224 Å². The molecule has 0 unspecified atom stereocenters. The molecule has 64 heavy (non-hydrogen) atoms. The van der Waals surface area contributed by atoms with E-state index in [2.05, 4.69) is 232 Å². The van der Waals surface area contributed by atoms with Gasteiger partial charge in [-0.25, -0.2) is 0 Å². The van der Waals surface area contributed by atoms with Crippen LogP contribution in [0.25, 0.3) is 127 Å². The van der Waals surface area contributed by atoms with Crippen LogP contribution in [0.4, 0.5) is 0 Å².